The normalized spacial score (nSPS) is 19.0. The van der Waals surface area contributed by atoms with Crippen LogP contribution in [0.4, 0.5) is 8.78 Å². The van der Waals surface area contributed by atoms with Crippen molar-refractivity contribution in [3.63, 3.8) is 0 Å². The molecule has 1 N–H and O–H groups in total. The van der Waals surface area contributed by atoms with Gasteiger partial charge in [-0.3, -0.25) is 4.79 Å². The topological polar surface area (TPSA) is 37.3 Å². The van der Waals surface area contributed by atoms with Gasteiger partial charge in [0.25, 0.3) is 0 Å². The molecule has 0 bridgehead atoms. The molecule has 0 heterocycles. The fourth-order valence-electron chi connectivity index (χ4n) is 2.31. The highest BCUT2D eigenvalue weighted by atomic mass is 19.1. The zero-order chi connectivity index (χ0) is 12.5. The molecule has 0 spiro atoms. The number of hydrogen-bond donors (Lipinski definition) is 1. The smallest absolute Gasteiger partial charge is 0.200 e. The monoisotopic (exact) mass is 240 g/mol. The Kier molecular flexibility index (Phi) is 3.24. The van der Waals surface area contributed by atoms with E-state index in [2.05, 4.69) is 0 Å². The van der Waals surface area contributed by atoms with E-state index in [9.17, 15) is 18.7 Å². The Labute approximate surface area is 98.3 Å². The molecular formula is C13H14F2O2. The fraction of sp³-hybridized carbons (Fsp3) is 0.462. The summed E-state index contributed by atoms with van der Waals surface area (Å²) >= 11 is 0. The highest BCUT2D eigenvalue weighted by Gasteiger charge is 2.39. The van der Waals surface area contributed by atoms with Crippen molar-refractivity contribution in [3.8, 4) is 0 Å². The molecule has 0 atom stereocenters. The van der Waals surface area contributed by atoms with Crippen molar-refractivity contribution in [2.75, 3.05) is 0 Å². The van der Waals surface area contributed by atoms with E-state index in [1.165, 1.54) is 6.07 Å². The first kappa shape index (κ1) is 12.2. The van der Waals surface area contributed by atoms with Gasteiger partial charge in [-0.25, -0.2) is 8.78 Å². The molecule has 0 radical (unpaired) electrons. The van der Waals surface area contributed by atoms with E-state index in [1.54, 1.807) is 0 Å². The second kappa shape index (κ2) is 4.53. The highest BCUT2D eigenvalue weighted by Crippen LogP contribution is 2.32. The standard InChI is InChI=1S/C13H14F2O2/c14-9-5-4-6-10(15)11(9)12(16)13(17)7-2-1-3-8-13/h4-6,17H,1-3,7-8H2. The van der Waals surface area contributed by atoms with Crippen molar-refractivity contribution in [2.45, 2.75) is 37.7 Å². The third-order valence-electron chi connectivity index (χ3n) is 3.29. The number of carbonyl (C=O) groups is 1. The summed E-state index contributed by atoms with van der Waals surface area (Å²) in [5, 5.41) is 10.2. The number of carbonyl (C=O) groups excluding carboxylic acids is 1. The number of hydrogen-bond acceptors (Lipinski definition) is 2. The van der Waals surface area contributed by atoms with Crippen LogP contribution in [-0.2, 0) is 0 Å². The lowest BCUT2D eigenvalue weighted by molar-refractivity contribution is 0.0109. The minimum absolute atomic E-state index is 0.277. The molecule has 2 rings (SSSR count). The third-order valence-corrected chi connectivity index (χ3v) is 3.29. The SMILES string of the molecule is O=C(c1c(F)cccc1F)C1(O)CCCCC1. The Morgan fingerprint density at radius 2 is 1.65 bits per heavy atom. The van der Waals surface area contributed by atoms with Crippen LogP contribution in [0.15, 0.2) is 18.2 Å². The largest absolute Gasteiger partial charge is 0.382 e. The molecule has 0 amide bonds. The first-order valence-electron chi connectivity index (χ1n) is 5.76. The molecule has 4 heteroatoms. The number of benzene rings is 1. The van der Waals surface area contributed by atoms with E-state index in [-0.39, 0.29) is 12.8 Å². The van der Waals surface area contributed by atoms with E-state index in [1.807, 2.05) is 0 Å². The molecule has 0 unspecified atom stereocenters. The van der Waals surface area contributed by atoms with Crippen molar-refractivity contribution in [1.82, 2.24) is 0 Å². The van der Waals surface area contributed by atoms with Crippen molar-refractivity contribution < 1.29 is 18.7 Å². The van der Waals surface area contributed by atoms with E-state index in [0.29, 0.717) is 12.8 Å². The van der Waals surface area contributed by atoms with E-state index in [0.717, 1.165) is 18.6 Å². The van der Waals surface area contributed by atoms with E-state index < -0.39 is 28.6 Å². The van der Waals surface area contributed by atoms with E-state index >= 15 is 0 Å². The molecule has 0 aliphatic heterocycles. The van der Waals surface area contributed by atoms with Gasteiger partial charge in [-0.15, -0.1) is 0 Å². The third kappa shape index (κ3) is 2.22. The van der Waals surface area contributed by atoms with Crippen LogP contribution >= 0.6 is 0 Å². The summed E-state index contributed by atoms with van der Waals surface area (Å²) in [6.45, 7) is 0. The lowest BCUT2D eigenvalue weighted by Crippen LogP contribution is -2.41. The van der Waals surface area contributed by atoms with Crippen molar-refractivity contribution in [1.29, 1.82) is 0 Å². The van der Waals surface area contributed by atoms with Gasteiger partial charge in [-0.2, -0.15) is 0 Å². The molecule has 1 saturated carbocycles. The summed E-state index contributed by atoms with van der Waals surface area (Å²) in [5.74, 6) is -2.64. The van der Waals surface area contributed by atoms with Crippen LogP contribution in [0.2, 0.25) is 0 Å². The zero-order valence-corrected chi connectivity index (χ0v) is 9.38. The maximum absolute atomic E-state index is 13.5. The quantitative estimate of drug-likeness (QED) is 0.807. The van der Waals surface area contributed by atoms with Crippen LogP contribution in [0.1, 0.15) is 42.5 Å². The summed E-state index contributed by atoms with van der Waals surface area (Å²) in [6, 6.07) is 3.26. The summed E-state index contributed by atoms with van der Waals surface area (Å²) in [6.07, 6.45) is 2.91. The number of ketones is 1. The first-order chi connectivity index (χ1) is 8.04. The Morgan fingerprint density at radius 1 is 1.12 bits per heavy atom. The number of rotatable bonds is 2. The van der Waals surface area contributed by atoms with Crippen LogP contribution in [0.5, 0.6) is 0 Å². The fourth-order valence-corrected chi connectivity index (χ4v) is 2.31. The molecule has 2 nitrogen and oxygen atoms in total. The summed E-state index contributed by atoms with van der Waals surface area (Å²) < 4.78 is 26.9. The summed E-state index contributed by atoms with van der Waals surface area (Å²) in [4.78, 5) is 12.0. The van der Waals surface area contributed by atoms with Crippen LogP contribution in [0.3, 0.4) is 0 Å². The maximum atomic E-state index is 13.5. The second-order valence-corrected chi connectivity index (χ2v) is 4.52. The molecule has 1 aromatic carbocycles. The van der Waals surface area contributed by atoms with Gasteiger partial charge in [0.05, 0.1) is 5.56 Å². The van der Waals surface area contributed by atoms with Gasteiger partial charge in [0.1, 0.15) is 17.2 Å². The molecule has 0 saturated heterocycles. The van der Waals surface area contributed by atoms with Crippen LogP contribution in [0.25, 0.3) is 0 Å². The van der Waals surface area contributed by atoms with Crippen LogP contribution in [0, 0.1) is 11.6 Å². The van der Waals surface area contributed by atoms with Crippen molar-refractivity contribution in [2.24, 2.45) is 0 Å². The van der Waals surface area contributed by atoms with E-state index in [4.69, 9.17) is 0 Å². The average molecular weight is 240 g/mol. The minimum atomic E-state index is -1.60. The Bertz CT molecular complexity index is 417. The molecular weight excluding hydrogens is 226 g/mol. The lowest BCUT2D eigenvalue weighted by atomic mass is 9.79. The van der Waals surface area contributed by atoms with Gasteiger partial charge in [0.15, 0.2) is 5.78 Å². The van der Waals surface area contributed by atoms with Crippen LogP contribution in [-0.4, -0.2) is 16.5 Å². The van der Waals surface area contributed by atoms with Gasteiger partial charge < -0.3 is 5.11 Å². The predicted octanol–water partition coefficient (Wildman–Crippen LogP) is 2.84. The minimum Gasteiger partial charge on any atom is -0.382 e. The number of Topliss-reactive ketones (excluding diaryl/α,β-unsaturated/α-hetero) is 1. The van der Waals surface area contributed by atoms with Gasteiger partial charge >= 0.3 is 0 Å². The molecule has 1 aliphatic carbocycles. The lowest BCUT2D eigenvalue weighted by Gasteiger charge is -2.30. The molecule has 17 heavy (non-hydrogen) atoms. The van der Waals surface area contributed by atoms with Gasteiger partial charge in [0, 0.05) is 0 Å². The Balaban J connectivity index is 2.36. The van der Waals surface area contributed by atoms with Gasteiger partial charge in [0.2, 0.25) is 0 Å². The number of halogens is 2. The maximum Gasteiger partial charge on any atom is 0.200 e. The zero-order valence-electron chi connectivity index (χ0n) is 9.38. The number of aliphatic hydroxyl groups is 1. The summed E-state index contributed by atoms with van der Waals surface area (Å²) in [7, 11) is 0. The Hall–Kier alpha value is -1.29. The van der Waals surface area contributed by atoms with Gasteiger partial charge in [-0.1, -0.05) is 25.3 Å². The average Bonchev–Trinajstić information content (AvgIpc) is 2.29. The van der Waals surface area contributed by atoms with Crippen LogP contribution < -0.4 is 0 Å². The molecule has 1 aromatic rings. The molecule has 1 fully saturated rings. The first-order valence-corrected chi connectivity index (χ1v) is 5.76. The molecule has 1 aliphatic rings. The predicted molar refractivity (Wildman–Crippen MR) is 58.7 cm³/mol. The summed E-state index contributed by atoms with van der Waals surface area (Å²) in [5.41, 5.74) is -2.21. The van der Waals surface area contributed by atoms with Crippen molar-refractivity contribution >= 4 is 5.78 Å². The van der Waals surface area contributed by atoms with Gasteiger partial charge in [-0.05, 0) is 25.0 Å². The highest BCUT2D eigenvalue weighted by molar-refractivity contribution is 6.02. The molecule has 92 valence electrons. The Morgan fingerprint density at radius 3 is 2.18 bits per heavy atom. The van der Waals surface area contributed by atoms with Crippen molar-refractivity contribution in [3.05, 3.63) is 35.4 Å². The second-order valence-electron chi connectivity index (χ2n) is 4.52. The molecule has 0 aromatic heterocycles.